The Kier molecular flexibility index (Phi) is 3.81. The molecule has 1 aromatic heterocycles. The third-order valence-corrected chi connectivity index (χ3v) is 3.55. The Hall–Kier alpha value is -2.41. The zero-order valence-corrected chi connectivity index (χ0v) is 12.7. The molecular weight excluding hydrogens is 284 g/mol. The summed E-state index contributed by atoms with van der Waals surface area (Å²) in [6.07, 6.45) is 0. The van der Waals surface area contributed by atoms with Crippen LogP contribution in [-0.4, -0.2) is 22.7 Å². The number of nitrogens with zero attached hydrogens (tertiary/aromatic N) is 2. The molecule has 0 bridgehead atoms. The van der Waals surface area contributed by atoms with Crippen molar-refractivity contribution < 1.29 is 14.1 Å². The van der Waals surface area contributed by atoms with Crippen LogP contribution in [0.15, 0.2) is 22.7 Å². The highest BCUT2D eigenvalue weighted by Gasteiger charge is 2.20. The number of carbonyl (C=O) groups is 1. The number of hydrogen-bond donors (Lipinski definition) is 2. The highest BCUT2D eigenvalue weighted by Crippen LogP contribution is 2.31. The van der Waals surface area contributed by atoms with Gasteiger partial charge in [0, 0.05) is 6.04 Å². The lowest BCUT2D eigenvalue weighted by Gasteiger charge is -2.22. The minimum absolute atomic E-state index is 0.0475. The lowest BCUT2D eigenvalue weighted by molar-refractivity contribution is -0.118. The monoisotopic (exact) mass is 302 g/mol. The van der Waals surface area contributed by atoms with E-state index >= 15 is 0 Å². The minimum atomic E-state index is -0.139. The van der Waals surface area contributed by atoms with E-state index in [2.05, 4.69) is 20.8 Å². The van der Waals surface area contributed by atoms with E-state index in [0.717, 1.165) is 5.56 Å². The fraction of sp³-hybridized carbons (Fsp3) is 0.400. The van der Waals surface area contributed by atoms with Gasteiger partial charge in [0.25, 0.3) is 5.91 Å². The number of carbonyl (C=O) groups excluding carboxylic acids is 1. The quantitative estimate of drug-likeness (QED) is 0.899. The van der Waals surface area contributed by atoms with Crippen LogP contribution >= 0.6 is 0 Å². The van der Waals surface area contributed by atoms with Gasteiger partial charge in [-0.2, -0.15) is 4.98 Å². The second-order valence-electron chi connectivity index (χ2n) is 5.38. The van der Waals surface area contributed by atoms with Crippen molar-refractivity contribution >= 4 is 11.6 Å². The van der Waals surface area contributed by atoms with Gasteiger partial charge in [-0.05, 0) is 38.5 Å². The molecule has 0 spiro atoms. The number of benzene rings is 1. The summed E-state index contributed by atoms with van der Waals surface area (Å²) in [6.45, 7) is 5.85. The first-order valence-electron chi connectivity index (χ1n) is 7.16. The molecule has 116 valence electrons. The van der Waals surface area contributed by atoms with Crippen molar-refractivity contribution in [2.75, 3.05) is 11.9 Å². The molecule has 1 aliphatic rings. The molecule has 0 unspecified atom stereocenters. The summed E-state index contributed by atoms with van der Waals surface area (Å²) in [6, 6.07) is 5.73. The van der Waals surface area contributed by atoms with E-state index < -0.39 is 0 Å². The standard InChI is InChI=1S/C15H18N4O3/c1-8(16-9(2)15-17-10(3)19-22-15)11-4-5-13-12(6-11)18-14(20)7-21-13/h4-6,8-9,16H,7H2,1-3H3,(H,18,20)/t8-,9+/m0/s1. The van der Waals surface area contributed by atoms with Crippen molar-refractivity contribution in [3.8, 4) is 5.75 Å². The van der Waals surface area contributed by atoms with E-state index in [1.165, 1.54) is 0 Å². The predicted octanol–water partition coefficient (Wildman–Crippen LogP) is 2.12. The maximum atomic E-state index is 11.4. The van der Waals surface area contributed by atoms with Gasteiger partial charge in [0.15, 0.2) is 12.4 Å². The highest BCUT2D eigenvalue weighted by atomic mass is 16.5. The fourth-order valence-corrected chi connectivity index (χ4v) is 2.40. The third-order valence-electron chi connectivity index (χ3n) is 3.55. The molecule has 0 saturated heterocycles. The number of hydrogen-bond acceptors (Lipinski definition) is 6. The number of nitrogens with one attached hydrogen (secondary N) is 2. The van der Waals surface area contributed by atoms with Gasteiger partial charge < -0.3 is 14.6 Å². The summed E-state index contributed by atoms with van der Waals surface area (Å²) in [5.74, 6) is 1.72. The summed E-state index contributed by atoms with van der Waals surface area (Å²) in [4.78, 5) is 15.6. The van der Waals surface area contributed by atoms with Gasteiger partial charge in [-0.25, -0.2) is 0 Å². The molecule has 0 radical (unpaired) electrons. The molecule has 0 fully saturated rings. The molecule has 1 amide bonds. The Balaban J connectivity index is 1.73. The van der Waals surface area contributed by atoms with Crippen molar-refractivity contribution in [1.29, 1.82) is 0 Å². The van der Waals surface area contributed by atoms with Gasteiger partial charge in [0.05, 0.1) is 11.7 Å². The van der Waals surface area contributed by atoms with Crippen LogP contribution in [0, 0.1) is 6.92 Å². The molecule has 7 nitrogen and oxygen atoms in total. The largest absolute Gasteiger partial charge is 0.482 e. The lowest BCUT2D eigenvalue weighted by Crippen LogP contribution is -2.26. The van der Waals surface area contributed by atoms with Gasteiger partial charge >= 0.3 is 0 Å². The van der Waals surface area contributed by atoms with E-state index in [4.69, 9.17) is 9.26 Å². The fourth-order valence-electron chi connectivity index (χ4n) is 2.40. The Bertz CT molecular complexity index is 698. The summed E-state index contributed by atoms with van der Waals surface area (Å²) < 4.78 is 10.5. The van der Waals surface area contributed by atoms with E-state index in [1.807, 2.05) is 32.0 Å². The van der Waals surface area contributed by atoms with Gasteiger partial charge in [0.2, 0.25) is 5.89 Å². The van der Waals surface area contributed by atoms with Crippen molar-refractivity contribution in [2.45, 2.75) is 32.9 Å². The van der Waals surface area contributed by atoms with Gasteiger partial charge in [-0.3, -0.25) is 10.1 Å². The highest BCUT2D eigenvalue weighted by molar-refractivity contribution is 5.95. The molecule has 1 aromatic carbocycles. The zero-order valence-electron chi connectivity index (χ0n) is 12.7. The molecule has 7 heteroatoms. The van der Waals surface area contributed by atoms with Crippen LogP contribution in [0.1, 0.15) is 43.2 Å². The van der Waals surface area contributed by atoms with Crippen molar-refractivity contribution in [1.82, 2.24) is 15.5 Å². The number of anilines is 1. The average Bonchev–Trinajstić information content (AvgIpc) is 2.93. The smallest absolute Gasteiger partial charge is 0.262 e. The van der Waals surface area contributed by atoms with Crippen LogP contribution in [0.4, 0.5) is 5.69 Å². The third kappa shape index (κ3) is 2.94. The van der Waals surface area contributed by atoms with Crippen LogP contribution in [0.3, 0.4) is 0 Å². The first-order valence-corrected chi connectivity index (χ1v) is 7.16. The summed E-state index contributed by atoms with van der Waals surface area (Å²) in [5.41, 5.74) is 1.73. The maximum Gasteiger partial charge on any atom is 0.262 e. The number of amides is 1. The zero-order chi connectivity index (χ0) is 15.7. The minimum Gasteiger partial charge on any atom is -0.482 e. The number of aryl methyl sites for hydroxylation is 1. The number of rotatable bonds is 4. The lowest BCUT2D eigenvalue weighted by atomic mass is 10.1. The molecule has 0 saturated carbocycles. The van der Waals surface area contributed by atoms with E-state index in [-0.39, 0.29) is 24.6 Å². The first-order chi connectivity index (χ1) is 10.5. The second kappa shape index (κ2) is 5.76. The van der Waals surface area contributed by atoms with E-state index in [9.17, 15) is 4.79 Å². The maximum absolute atomic E-state index is 11.4. The van der Waals surface area contributed by atoms with Gasteiger partial charge in [-0.15, -0.1) is 0 Å². The number of aromatic nitrogens is 2. The summed E-state index contributed by atoms with van der Waals surface area (Å²) >= 11 is 0. The average molecular weight is 302 g/mol. The number of ether oxygens (including phenoxy) is 1. The molecule has 2 aromatic rings. The van der Waals surface area contributed by atoms with Crippen LogP contribution in [0.5, 0.6) is 5.75 Å². The summed E-state index contributed by atoms with van der Waals surface area (Å²) in [7, 11) is 0. The molecule has 22 heavy (non-hydrogen) atoms. The van der Waals surface area contributed by atoms with Crippen LogP contribution in [0.25, 0.3) is 0 Å². The first kappa shape index (κ1) is 14.5. The van der Waals surface area contributed by atoms with Crippen molar-refractivity contribution in [2.24, 2.45) is 0 Å². The Morgan fingerprint density at radius 3 is 2.86 bits per heavy atom. The predicted molar refractivity (Wildman–Crippen MR) is 79.6 cm³/mol. The molecule has 2 N–H and O–H groups in total. The Morgan fingerprint density at radius 1 is 1.32 bits per heavy atom. The molecule has 0 aliphatic carbocycles. The second-order valence-corrected chi connectivity index (χ2v) is 5.38. The molecule has 2 heterocycles. The molecule has 2 atom stereocenters. The summed E-state index contributed by atoms with van der Waals surface area (Å²) in [5, 5.41) is 10.00. The van der Waals surface area contributed by atoms with Gasteiger partial charge in [-0.1, -0.05) is 11.2 Å². The molecule has 3 rings (SSSR count). The number of fused-ring (bicyclic) bond motifs is 1. The van der Waals surface area contributed by atoms with Crippen LogP contribution in [0.2, 0.25) is 0 Å². The van der Waals surface area contributed by atoms with E-state index in [1.54, 1.807) is 6.92 Å². The van der Waals surface area contributed by atoms with Crippen molar-refractivity contribution in [3.05, 3.63) is 35.5 Å². The van der Waals surface area contributed by atoms with Crippen molar-refractivity contribution in [3.63, 3.8) is 0 Å². The Morgan fingerprint density at radius 2 is 2.14 bits per heavy atom. The molecule has 1 aliphatic heterocycles. The molecular formula is C15H18N4O3. The van der Waals surface area contributed by atoms with E-state index in [0.29, 0.717) is 23.2 Å². The van der Waals surface area contributed by atoms with Crippen LogP contribution < -0.4 is 15.4 Å². The van der Waals surface area contributed by atoms with Crippen LogP contribution in [-0.2, 0) is 4.79 Å². The Labute approximate surface area is 128 Å². The SMILES string of the molecule is Cc1noc([C@@H](C)N[C@@H](C)c2ccc3c(c2)NC(=O)CO3)n1. The van der Waals surface area contributed by atoms with Gasteiger partial charge in [0.1, 0.15) is 5.75 Å². The normalized spacial score (nSPS) is 16.4. The topological polar surface area (TPSA) is 89.3 Å².